The minimum atomic E-state index is -1.07. The largest absolute Gasteiger partial charge is 0.481 e. The third-order valence-electron chi connectivity index (χ3n) is 6.42. The van der Waals surface area contributed by atoms with E-state index in [4.69, 9.17) is 9.84 Å². The minimum absolute atomic E-state index is 0.0586. The Morgan fingerprint density at radius 2 is 2.00 bits per heavy atom. The van der Waals surface area contributed by atoms with Crippen LogP contribution in [0, 0.1) is 23.7 Å². The third kappa shape index (κ3) is 6.68. The fourth-order valence-corrected chi connectivity index (χ4v) is 4.49. The summed E-state index contributed by atoms with van der Waals surface area (Å²) < 4.78 is 5.93. The van der Waals surface area contributed by atoms with Crippen molar-refractivity contribution in [3.63, 3.8) is 0 Å². The Morgan fingerprint density at radius 1 is 1.28 bits per heavy atom. The van der Waals surface area contributed by atoms with E-state index in [2.05, 4.69) is 25.2 Å². The number of carbonyl (C=O) groups excluding carboxylic acids is 1. The Labute approximate surface area is 173 Å². The van der Waals surface area contributed by atoms with Crippen molar-refractivity contribution in [1.82, 2.24) is 0 Å². The number of carboxylic acid groups (broad SMARTS) is 1. The van der Waals surface area contributed by atoms with Crippen LogP contribution in [0.1, 0.15) is 65.7 Å². The molecule has 0 amide bonds. The molecule has 7 atom stereocenters. The highest BCUT2D eigenvalue weighted by atomic mass is 16.5. The number of allylic oxidation sites excluding steroid dienone is 3. The molecule has 6 nitrogen and oxygen atoms in total. The molecule has 2 aliphatic carbocycles. The number of carboxylic acids is 1. The molecule has 0 aromatic rings. The van der Waals surface area contributed by atoms with Gasteiger partial charge in [0, 0.05) is 5.92 Å². The first-order valence-electron chi connectivity index (χ1n) is 10.9. The van der Waals surface area contributed by atoms with E-state index < -0.39 is 18.2 Å². The summed E-state index contributed by atoms with van der Waals surface area (Å²) in [6.07, 6.45) is 7.97. The number of aliphatic carboxylic acids is 1. The molecular weight excluding hydrogens is 372 g/mol. The average Bonchev–Trinajstić information content (AvgIpc) is 2.66. The molecule has 0 aliphatic heterocycles. The maximum Gasteiger partial charge on any atom is 0.308 e. The van der Waals surface area contributed by atoms with Crippen molar-refractivity contribution in [2.75, 3.05) is 0 Å². The normalized spacial score (nSPS) is 29.3. The summed E-state index contributed by atoms with van der Waals surface area (Å²) in [7, 11) is 0. The molecule has 3 N–H and O–H groups in total. The van der Waals surface area contributed by atoms with Crippen molar-refractivity contribution < 1.29 is 29.6 Å². The zero-order valence-corrected chi connectivity index (χ0v) is 17.8. The van der Waals surface area contributed by atoms with Gasteiger partial charge in [0.15, 0.2) is 0 Å². The maximum absolute atomic E-state index is 12.4. The molecule has 0 radical (unpaired) electrons. The number of hydrogen-bond donors (Lipinski definition) is 3. The van der Waals surface area contributed by atoms with Crippen molar-refractivity contribution in [2.45, 2.75) is 84.0 Å². The molecule has 0 fully saturated rings. The molecule has 29 heavy (non-hydrogen) atoms. The second-order valence-corrected chi connectivity index (χ2v) is 8.69. The van der Waals surface area contributed by atoms with E-state index in [1.807, 2.05) is 13.8 Å². The number of aliphatic hydroxyl groups is 2. The Kier molecular flexibility index (Phi) is 8.90. The summed E-state index contributed by atoms with van der Waals surface area (Å²) >= 11 is 0. The number of carbonyl (C=O) groups is 2. The van der Waals surface area contributed by atoms with Crippen molar-refractivity contribution in [3.05, 3.63) is 23.8 Å². The highest BCUT2D eigenvalue weighted by Crippen LogP contribution is 2.44. The van der Waals surface area contributed by atoms with Gasteiger partial charge in [-0.1, -0.05) is 39.0 Å². The lowest BCUT2D eigenvalue weighted by atomic mass is 9.66. The highest BCUT2D eigenvalue weighted by Gasteiger charge is 2.40. The molecule has 0 spiro atoms. The van der Waals surface area contributed by atoms with Crippen LogP contribution < -0.4 is 0 Å². The Hall–Kier alpha value is -1.66. The molecule has 1 unspecified atom stereocenters. The zero-order valence-electron chi connectivity index (χ0n) is 17.8. The third-order valence-corrected chi connectivity index (χ3v) is 6.42. The van der Waals surface area contributed by atoms with Gasteiger partial charge >= 0.3 is 11.9 Å². The molecule has 0 saturated carbocycles. The summed E-state index contributed by atoms with van der Waals surface area (Å²) in [5, 5.41) is 28.8. The molecule has 0 bridgehead atoms. The van der Waals surface area contributed by atoms with Crippen LogP contribution in [0.2, 0.25) is 0 Å². The first kappa shape index (κ1) is 23.6. The fraction of sp³-hybridized carbons (Fsp3) is 0.739. The lowest BCUT2D eigenvalue weighted by Gasteiger charge is -2.42. The standard InChI is InChI=1S/C23H36O6/c1-4-14(2)23(28)29-20-7-5-6-16-9-8-15(3)19(22(16)20)11-10-17(24)12-18(25)13-21(26)27/h6,8-9,14-15,17-20,22,24-25H,4-5,7,10-13H2,1-3H3,(H,26,27)/t14?,15-,17+,18+,19-,20-,22-/m0/s1. The van der Waals surface area contributed by atoms with Crippen LogP contribution in [0.5, 0.6) is 0 Å². The first-order chi connectivity index (χ1) is 13.7. The lowest BCUT2D eigenvalue weighted by Crippen LogP contribution is -2.40. The smallest absolute Gasteiger partial charge is 0.308 e. The second-order valence-electron chi connectivity index (χ2n) is 8.69. The van der Waals surface area contributed by atoms with E-state index in [1.165, 1.54) is 5.57 Å². The number of rotatable bonds is 10. The van der Waals surface area contributed by atoms with Gasteiger partial charge in [0.2, 0.25) is 0 Å². The van der Waals surface area contributed by atoms with Crippen molar-refractivity contribution >= 4 is 11.9 Å². The summed E-state index contributed by atoms with van der Waals surface area (Å²) in [4.78, 5) is 23.1. The number of fused-ring (bicyclic) bond motifs is 1. The molecule has 0 heterocycles. The molecule has 0 saturated heterocycles. The SMILES string of the molecule is CCC(C)C(=O)O[C@H]1CCC=C2C=C[C@H](C)[C@H](CC[C@@H](O)C[C@@H](O)CC(=O)O)[C@H]21. The fourth-order valence-electron chi connectivity index (χ4n) is 4.49. The van der Waals surface area contributed by atoms with Crippen molar-refractivity contribution in [1.29, 1.82) is 0 Å². The first-order valence-corrected chi connectivity index (χ1v) is 10.9. The molecule has 164 valence electrons. The van der Waals surface area contributed by atoms with E-state index in [1.54, 1.807) is 0 Å². The van der Waals surface area contributed by atoms with Crippen LogP contribution >= 0.6 is 0 Å². The van der Waals surface area contributed by atoms with Gasteiger partial charge < -0.3 is 20.1 Å². The van der Waals surface area contributed by atoms with Crippen molar-refractivity contribution in [2.24, 2.45) is 23.7 Å². The number of esters is 1. The molecule has 2 aliphatic rings. The van der Waals surface area contributed by atoms with Crippen LogP contribution in [-0.2, 0) is 14.3 Å². The van der Waals surface area contributed by atoms with E-state index in [-0.39, 0.29) is 48.6 Å². The number of hydrogen-bond acceptors (Lipinski definition) is 5. The van der Waals surface area contributed by atoms with E-state index >= 15 is 0 Å². The van der Waals surface area contributed by atoms with Gasteiger partial charge in [-0.05, 0) is 55.9 Å². The Bertz CT molecular complexity index is 625. The Morgan fingerprint density at radius 3 is 2.66 bits per heavy atom. The molecular formula is C23H36O6. The summed E-state index contributed by atoms with van der Waals surface area (Å²) in [5.41, 5.74) is 1.21. The van der Waals surface area contributed by atoms with E-state index in [0.29, 0.717) is 6.42 Å². The predicted octanol–water partition coefficient (Wildman–Crippen LogP) is 3.47. The van der Waals surface area contributed by atoms with Crippen LogP contribution in [0.3, 0.4) is 0 Å². The van der Waals surface area contributed by atoms with Gasteiger partial charge in [-0.3, -0.25) is 9.59 Å². The van der Waals surface area contributed by atoms with Crippen LogP contribution in [-0.4, -0.2) is 45.6 Å². The van der Waals surface area contributed by atoms with Crippen molar-refractivity contribution in [3.8, 4) is 0 Å². The van der Waals surface area contributed by atoms with Gasteiger partial charge in [0.1, 0.15) is 6.10 Å². The van der Waals surface area contributed by atoms with Gasteiger partial charge in [0.05, 0.1) is 24.5 Å². The van der Waals surface area contributed by atoms with E-state index in [9.17, 15) is 19.8 Å². The maximum atomic E-state index is 12.4. The summed E-state index contributed by atoms with van der Waals surface area (Å²) in [5.74, 6) is -0.691. The van der Waals surface area contributed by atoms with Crippen LogP contribution in [0.4, 0.5) is 0 Å². The highest BCUT2D eigenvalue weighted by molar-refractivity contribution is 5.72. The topological polar surface area (TPSA) is 104 Å². The van der Waals surface area contributed by atoms with Crippen LogP contribution in [0.25, 0.3) is 0 Å². The average molecular weight is 409 g/mol. The molecule has 6 heteroatoms. The van der Waals surface area contributed by atoms with Gasteiger partial charge in [-0.15, -0.1) is 0 Å². The van der Waals surface area contributed by atoms with Gasteiger partial charge in [0.25, 0.3) is 0 Å². The monoisotopic (exact) mass is 408 g/mol. The molecule has 0 aromatic carbocycles. The summed E-state index contributed by atoms with van der Waals surface area (Å²) in [6, 6.07) is 0. The quantitative estimate of drug-likeness (QED) is 0.478. The number of aliphatic hydroxyl groups excluding tert-OH is 2. The lowest BCUT2D eigenvalue weighted by molar-refractivity contribution is -0.158. The minimum Gasteiger partial charge on any atom is -0.481 e. The molecule has 2 rings (SSSR count). The number of ether oxygens (including phenoxy) is 1. The zero-order chi connectivity index (χ0) is 21.6. The van der Waals surface area contributed by atoms with Crippen LogP contribution in [0.15, 0.2) is 23.8 Å². The molecule has 0 aromatic heterocycles. The van der Waals surface area contributed by atoms with Gasteiger partial charge in [-0.25, -0.2) is 0 Å². The summed E-state index contributed by atoms with van der Waals surface area (Å²) in [6.45, 7) is 6.01. The Balaban J connectivity index is 2.03. The van der Waals surface area contributed by atoms with Gasteiger partial charge in [-0.2, -0.15) is 0 Å². The predicted molar refractivity (Wildman–Crippen MR) is 110 cm³/mol. The second kappa shape index (κ2) is 10.9. The van der Waals surface area contributed by atoms with E-state index in [0.717, 1.165) is 25.7 Å².